The van der Waals surface area contributed by atoms with Crippen LogP contribution >= 0.6 is 0 Å². The zero-order chi connectivity index (χ0) is 21.2. The third-order valence-electron chi connectivity index (χ3n) is 8.41. The molecule has 5 atom stereocenters. The summed E-state index contributed by atoms with van der Waals surface area (Å²) >= 11 is 0. The monoisotopic (exact) mass is 411 g/mol. The fraction of sp³-hybridized carbons (Fsp3) is 0.379. The van der Waals surface area contributed by atoms with Crippen LogP contribution in [0.25, 0.3) is 11.1 Å². The van der Waals surface area contributed by atoms with Gasteiger partial charge in [0.1, 0.15) is 5.82 Å². The van der Waals surface area contributed by atoms with Gasteiger partial charge in [-0.25, -0.2) is 4.39 Å². The van der Waals surface area contributed by atoms with E-state index in [-0.39, 0.29) is 11.2 Å². The van der Waals surface area contributed by atoms with E-state index in [9.17, 15) is 4.39 Å². The Morgan fingerprint density at radius 2 is 1.52 bits per heavy atom. The Morgan fingerprint density at radius 1 is 0.774 bits per heavy atom. The quantitative estimate of drug-likeness (QED) is 0.451. The van der Waals surface area contributed by atoms with Gasteiger partial charge in [-0.15, -0.1) is 0 Å². The molecular formula is C29H30FN. The molecule has 2 heteroatoms. The van der Waals surface area contributed by atoms with Crippen molar-refractivity contribution < 1.29 is 4.39 Å². The van der Waals surface area contributed by atoms with Crippen LogP contribution in [0.2, 0.25) is 0 Å². The summed E-state index contributed by atoms with van der Waals surface area (Å²) in [6.07, 6.45) is 5.46. The van der Waals surface area contributed by atoms with E-state index in [0.29, 0.717) is 5.92 Å². The highest BCUT2D eigenvalue weighted by Gasteiger charge is 2.56. The van der Waals surface area contributed by atoms with E-state index in [1.165, 1.54) is 54.5 Å². The maximum Gasteiger partial charge on any atom is 0.123 e. The van der Waals surface area contributed by atoms with Gasteiger partial charge in [-0.3, -0.25) is 0 Å². The highest BCUT2D eigenvalue weighted by atomic mass is 19.1. The summed E-state index contributed by atoms with van der Waals surface area (Å²) in [5, 5.41) is 3.48. The van der Waals surface area contributed by atoms with E-state index >= 15 is 0 Å². The van der Waals surface area contributed by atoms with Crippen LogP contribution in [-0.2, 0) is 5.41 Å². The summed E-state index contributed by atoms with van der Waals surface area (Å²) in [6, 6.07) is 22.7. The van der Waals surface area contributed by atoms with Gasteiger partial charge in [0.05, 0.1) is 0 Å². The molecule has 3 aromatic rings. The molecule has 1 nitrogen and oxygen atoms in total. The molecule has 0 radical (unpaired) electrons. The Kier molecular flexibility index (Phi) is 4.28. The first-order chi connectivity index (χ1) is 15.1. The van der Waals surface area contributed by atoms with Gasteiger partial charge >= 0.3 is 0 Å². The van der Waals surface area contributed by atoms with Crippen LogP contribution in [0.5, 0.6) is 0 Å². The molecule has 0 amide bonds. The second-order valence-electron chi connectivity index (χ2n) is 10.3. The number of nitrogens with one attached hydrogen (secondary N) is 1. The second-order valence-corrected chi connectivity index (χ2v) is 10.3. The van der Waals surface area contributed by atoms with E-state index in [4.69, 9.17) is 0 Å². The molecule has 0 aromatic heterocycles. The highest BCUT2D eigenvalue weighted by Crippen LogP contribution is 2.64. The molecular weight excluding hydrogens is 381 g/mol. The summed E-state index contributed by atoms with van der Waals surface area (Å²) in [5.41, 5.74) is 7.99. The first-order valence-electron chi connectivity index (χ1n) is 11.8. The third-order valence-corrected chi connectivity index (χ3v) is 8.41. The summed E-state index contributed by atoms with van der Waals surface area (Å²) in [5.74, 6) is 2.89. The molecule has 1 spiro atoms. The van der Waals surface area contributed by atoms with Gasteiger partial charge < -0.3 is 5.32 Å². The number of hydrogen-bond donors (Lipinski definition) is 1. The number of rotatable bonds is 2. The normalized spacial score (nSPS) is 30.7. The van der Waals surface area contributed by atoms with Crippen molar-refractivity contribution in [1.82, 2.24) is 0 Å². The van der Waals surface area contributed by atoms with Crippen molar-refractivity contribution in [3.8, 4) is 11.1 Å². The van der Waals surface area contributed by atoms with Crippen LogP contribution in [0.4, 0.5) is 15.8 Å². The van der Waals surface area contributed by atoms with E-state index in [1.54, 1.807) is 17.7 Å². The SMILES string of the molecule is CC1CC2CC(C)C3(c4ccccc4-c4cc(Nc5ccc(F)cc5)ccc43)C(C1)C2. The van der Waals surface area contributed by atoms with Gasteiger partial charge in [-0.05, 0) is 108 Å². The number of halogens is 1. The summed E-state index contributed by atoms with van der Waals surface area (Å²) in [4.78, 5) is 0. The van der Waals surface area contributed by atoms with Crippen LogP contribution in [0.15, 0.2) is 66.7 Å². The molecule has 0 heterocycles. The Balaban J connectivity index is 1.48. The van der Waals surface area contributed by atoms with Crippen LogP contribution < -0.4 is 5.32 Å². The largest absolute Gasteiger partial charge is 0.356 e. The summed E-state index contributed by atoms with van der Waals surface area (Å²) < 4.78 is 13.3. The van der Waals surface area contributed by atoms with Gasteiger partial charge in [-0.2, -0.15) is 0 Å². The number of anilines is 2. The number of fused-ring (bicyclic) bond motifs is 8. The predicted octanol–water partition coefficient (Wildman–Crippen LogP) is 7.93. The number of hydrogen-bond acceptors (Lipinski definition) is 1. The molecule has 3 aromatic carbocycles. The zero-order valence-electron chi connectivity index (χ0n) is 18.4. The topological polar surface area (TPSA) is 12.0 Å². The Labute approximate surface area is 184 Å². The fourth-order valence-corrected chi connectivity index (χ4v) is 7.50. The lowest BCUT2D eigenvalue weighted by molar-refractivity contribution is 0.0426. The van der Waals surface area contributed by atoms with Crippen molar-refractivity contribution in [2.45, 2.75) is 44.9 Å². The summed E-state index contributed by atoms with van der Waals surface area (Å²) in [7, 11) is 0. The van der Waals surface area contributed by atoms with Crippen LogP contribution in [0.1, 0.15) is 50.7 Å². The average Bonchev–Trinajstić information content (AvgIpc) is 3.05. The minimum Gasteiger partial charge on any atom is -0.356 e. The predicted molar refractivity (Wildman–Crippen MR) is 126 cm³/mol. The molecule has 3 aliphatic carbocycles. The van der Waals surface area contributed by atoms with Gasteiger partial charge in [0.25, 0.3) is 0 Å². The van der Waals surface area contributed by atoms with Gasteiger partial charge in [0.15, 0.2) is 0 Å². The summed E-state index contributed by atoms with van der Waals surface area (Å²) in [6.45, 7) is 4.96. The first-order valence-corrected chi connectivity index (χ1v) is 11.8. The minimum atomic E-state index is -0.207. The lowest BCUT2D eigenvalue weighted by Gasteiger charge is -2.54. The molecule has 5 unspecified atom stereocenters. The smallest absolute Gasteiger partial charge is 0.123 e. The molecule has 1 N–H and O–H groups in total. The molecule has 158 valence electrons. The van der Waals surface area contributed by atoms with Crippen molar-refractivity contribution in [3.63, 3.8) is 0 Å². The molecule has 2 bridgehead atoms. The van der Waals surface area contributed by atoms with E-state index < -0.39 is 0 Å². The molecule has 2 saturated carbocycles. The second kappa shape index (κ2) is 6.95. The first kappa shape index (κ1) is 19.1. The molecule has 31 heavy (non-hydrogen) atoms. The van der Waals surface area contributed by atoms with Gasteiger partial charge in [-0.1, -0.05) is 44.2 Å². The lowest BCUT2D eigenvalue weighted by Crippen LogP contribution is -2.49. The molecule has 0 saturated heterocycles. The highest BCUT2D eigenvalue weighted by molar-refractivity contribution is 5.84. The Hall–Kier alpha value is -2.61. The van der Waals surface area contributed by atoms with Gasteiger partial charge in [0.2, 0.25) is 0 Å². The van der Waals surface area contributed by atoms with Crippen molar-refractivity contribution >= 4 is 11.4 Å². The van der Waals surface area contributed by atoms with Crippen molar-refractivity contribution in [2.24, 2.45) is 23.7 Å². The zero-order valence-corrected chi connectivity index (χ0v) is 18.4. The molecule has 6 rings (SSSR count). The maximum absolute atomic E-state index is 13.3. The average molecular weight is 412 g/mol. The molecule has 3 aliphatic rings. The number of benzene rings is 3. The van der Waals surface area contributed by atoms with E-state index in [0.717, 1.165) is 29.1 Å². The van der Waals surface area contributed by atoms with Crippen molar-refractivity contribution in [2.75, 3.05) is 5.32 Å². The minimum absolute atomic E-state index is 0.144. The Bertz CT molecular complexity index is 1130. The molecule has 2 fully saturated rings. The maximum atomic E-state index is 13.3. The van der Waals surface area contributed by atoms with Crippen LogP contribution in [-0.4, -0.2) is 0 Å². The third kappa shape index (κ3) is 2.80. The van der Waals surface area contributed by atoms with Gasteiger partial charge in [0, 0.05) is 16.8 Å². The lowest BCUT2D eigenvalue weighted by atomic mass is 9.49. The van der Waals surface area contributed by atoms with Crippen molar-refractivity contribution in [3.05, 3.63) is 83.7 Å². The van der Waals surface area contributed by atoms with E-state index in [1.807, 2.05) is 0 Å². The Morgan fingerprint density at radius 3 is 2.35 bits per heavy atom. The van der Waals surface area contributed by atoms with Crippen LogP contribution in [0, 0.1) is 29.5 Å². The molecule has 0 aliphatic heterocycles. The van der Waals surface area contributed by atoms with E-state index in [2.05, 4.69) is 61.6 Å². The van der Waals surface area contributed by atoms with Crippen LogP contribution in [0.3, 0.4) is 0 Å². The fourth-order valence-electron chi connectivity index (χ4n) is 7.50. The van der Waals surface area contributed by atoms with Crippen molar-refractivity contribution in [1.29, 1.82) is 0 Å². The standard InChI is InChI=1S/C29H30FN/c1-18-13-20-15-19(2)29(21(14-18)16-20)27-6-4-3-5-25(27)26-17-24(11-12-28(26)29)31-23-9-7-22(30)8-10-23/h3-12,17-21,31H,13-16H2,1-2H3.